The number of alkyl carbamates (subject to hydrolysis) is 1. The summed E-state index contributed by atoms with van der Waals surface area (Å²) in [6.07, 6.45) is -1.69. The molecule has 176 valence electrons. The molecule has 1 aliphatic rings. The second-order valence-electron chi connectivity index (χ2n) is 9.35. The van der Waals surface area contributed by atoms with Gasteiger partial charge in [-0.3, -0.25) is 0 Å². The number of carboxylic acid groups (broad SMARTS) is 1. The number of hydrogen-bond acceptors (Lipinski definition) is 4. The van der Waals surface area contributed by atoms with Crippen LogP contribution in [0.4, 0.5) is 4.79 Å². The lowest BCUT2D eigenvalue weighted by molar-refractivity contribution is -0.148. The molecule has 0 spiro atoms. The van der Waals surface area contributed by atoms with Gasteiger partial charge < -0.3 is 19.9 Å². The molecule has 6 nitrogen and oxygen atoms in total. The number of aliphatic carboxylic acids is 1. The highest BCUT2D eigenvalue weighted by Crippen LogP contribution is 2.44. The Bertz CT molecular complexity index is 1120. The Kier molecular flexibility index (Phi) is 6.70. The molecule has 0 saturated carbocycles. The van der Waals surface area contributed by atoms with Crippen LogP contribution in [0.2, 0.25) is 0 Å². The van der Waals surface area contributed by atoms with E-state index >= 15 is 0 Å². The maximum atomic E-state index is 12.8. The Morgan fingerprint density at radius 1 is 0.882 bits per heavy atom. The molecule has 1 amide bonds. The van der Waals surface area contributed by atoms with E-state index < -0.39 is 29.8 Å². The Labute approximate surface area is 199 Å². The van der Waals surface area contributed by atoms with Crippen molar-refractivity contribution >= 4 is 12.1 Å². The van der Waals surface area contributed by atoms with Gasteiger partial charge in [-0.1, -0.05) is 78.9 Å². The van der Waals surface area contributed by atoms with E-state index in [4.69, 9.17) is 9.47 Å². The molecule has 3 aromatic carbocycles. The van der Waals surface area contributed by atoms with Gasteiger partial charge in [-0.2, -0.15) is 0 Å². The van der Waals surface area contributed by atoms with Gasteiger partial charge in [0.1, 0.15) is 12.7 Å². The van der Waals surface area contributed by atoms with E-state index in [0.29, 0.717) is 5.56 Å². The molecule has 0 bridgehead atoms. The zero-order chi connectivity index (χ0) is 24.3. The summed E-state index contributed by atoms with van der Waals surface area (Å²) in [5, 5.41) is 12.5. The first kappa shape index (κ1) is 23.5. The molecular formula is C28H29NO5. The number of rotatable bonds is 7. The van der Waals surface area contributed by atoms with Crippen molar-refractivity contribution in [1.29, 1.82) is 0 Å². The number of hydrogen-bond donors (Lipinski definition) is 2. The van der Waals surface area contributed by atoms with Gasteiger partial charge in [-0.25, -0.2) is 9.59 Å². The third-order valence-electron chi connectivity index (χ3n) is 5.79. The summed E-state index contributed by atoms with van der Waals surface area (Å²) < 4.78 is 11.6. The average molecular weight is 460 g/mol. The monoisotopic (exact) mass is 459 g/mol. The molecule has 0 unspecified atom stereocenters. The number of carbonyl (C=O) groups excluding carboxylic acids is 1. The van der Waals surface area contributed by atoms with Crippen LogP contribution in [0.15, 0.2) is 78.9 Å². The van der Waals surface area contributed by atoms with Crippen LogP contribution in [0.5, 0.6) is 0 Å². The van der Waals surface area contributed by atoms with Crippen LogP contribution in [-0.2, 0) is 14.3 Å². The van der Waals surface area contributed by atoms with Crippen LogP contribution in [-0.4, -0.2) is 35.4 Å². The van der Waals surface area contributed by atoms with Gasteiger partial charge in [-0.05, 0) is 48.6 Å². The minimum atomic E-state index is -1.32. The standard InChI is InChI=1S/C28H29NO5/c1-28(2,3)34-25(18-11-5-4-6-12-18)24(26(30)31)29-27(32)33-17-23-21-15-9-7-13-19(21)20-14-8-10-16-22(20)23/h4-16,23-25H,17H2,1-3H3,(H,29,32)(H,30,31)/t24-,25+/m0/s1. The van der Waals surface area contributed by atoms with E-state index in [1.807, 2.05) is 63.2 Å². The molecule has 34 heavy (non-hydrogen) atoms. The van der Waals surface area contributed by atoms with Crippen molar-refractivity contribution in [1.82, 2.24) is 5.32 Å². The Morgan fingerprint density at radius 3 is 1.94 bits per heavy atom. The van der Waals surface area contributed by atoms with Crippen molar-refractivity contribution in [3.05, 3.63) is 95.6 Å². The summed E-state index contributed by atoms with van der Waals surface area (Å²) in [4.78, 5) is 25.0. The van der Waals surface area contributed by atoms with Gasteiger partial charge in [0, 0.05) is 5.92 Å². The molecule has 1 aliphatic carbocycles. The van der Waals surface area contributed by atoms with Crippen LogP contribution in [0.3, 0.4) is 0 Å². The van der Waals surface area contributed by atoms with Gasteiger partial charge in [-0.15, -0.1) is 0 Å². The minimum absolute atomic E-state index is 0.0995. The van der Waals surface area contributed by atoms with Crippen LogP contribution >= 0.6 is 0 Å². The summed E-state index contributed by atoms with van der Waals surface area (Å²) in [6, 6.07) is 23.8. The van der Waals surface area contributed by atoms with Gasteiger partial charge in [0.15, 0.2) is 6.04 Å². The second kappa shape index (κ2) is 9.69. The topological polar surface area (TPSA) is 84.9 Å². The van der Waals surface area contributed by atoms with E-state index in [-0.39, 0.29) is 12.5 Å². The quantitative estimate of drug-likeness (QED) is 0.485. The third kappa shape index (κ3) is 5.13. The fourth-order valence-electron chi connectivity index (χ4n) is 4.39. The third-order valence-corrected chi connectivity index (χ3v) is 5.79. The minimum Gasteiger partial charge on any atom is -0.480 e. The van der Waals surface area contributed by atoms with E-state index in [1.54, 1.807) is 24.3 Å². The normalized spacial score (nSPS) is 14.6. The number of fused-ring (bicyclic) bond motifs is 3. The van der Waals surface area contributed by atoms with E-state index in [9.17, 15) is 14.7 Å². The summed E-state index contributed by atoms with van der Waals surface area (Å²) >= 11 is 0. The first-order chi connectivity index (χ1) is 16.2. The van der Waals surface area contributed by atoms with Crippen molar-refractivity contribution in [2.45, 2.75) is 44.4 Å². The fraction of sp³-hybridized carbons (Fsp3) is 0.286. The highest BCUT2D eigenvalue weighted by Gasteiger charge is 2.36. The molecule has 6 heteroatoms. The molecule has 0 saturated heterocycles. The first-order valence-corrected chi connectivity index (χ1v) is 11.3. The van der Waals surface area contributed by atoms with Gasteiger partial charge in [0.05, 0.1) is 5.60 Å². The number of nitrogens with one attached hydrogen (secondary N) is 1. The second-order valence-corrected chi connectivity index (χ2v) is 9.35. The van der Waals surface area contributed by atoms with Crippen molar-refractivity contribution < 1.29 is 24.2 Å². The molecule has 0 fully saturated rings. The Balaban J connectivity index is 1.51. The maximum absolute atomic E-state index is 12.8. The molecule has 4 rings (SSSR count). The lowest BCUT2D eigenvalue weighted by Crippen LogP contribution is -2.47. The van der Waals surface area contributed by atoms with Gasteiger partial charge >= 0.3 is 12.1 Å². The van der Waals surface area contributed by atoms with Crippen molar-refractivity contribution in [2.75, 3.05) is 6.61 Å². The van der Waals surface area contributed by atoms with E-state index in [1.165, 1.54) is 0 Å². The lowest BCUT2D eigenvalue weighted by Gasteiger charge is -2.32. The zero-order valence-electron chi connectivity index (χ0n) is 19.5. The number of carboxylic acids is 1. The molecule has 2 atom stereocenters. The SMILES string of the molecule is CC(C)(C)O[C@H](c1ccccc1)[C@H](NC(=O)OCC1c2ccccc2-c2ccccc21)C(=O)O. The maximum Gasteiger partial charge on any atom is 0.407 e. The van der Waals surface area contributed by atoms with Crippen molar-refractivity contribution in [2.24, 2.45) is 0 Å². The summed E-state index contributed by atoms with van der Waals surface area (Å²) in [5.74, 6) is -1.32. The molecular weight excluding hydrogens is 430 g/mol. The molecule has 0 aromatic heterocycles. The zero-order valence-corrected chi connectivity index (χ0v) is 19.5. The summed E-state index contributed by atoms with van der Waals surface area (Å²) in [7, 11) is 0. The van der Waals surface area contributed by atoms with E-state index in [0.717, 1.165) is 22.3 Å². The van der Waals surface area contributed by atoms with Crippen molar-refractivity contribution in [3.8, 4) is 11.1 Å². The lowest BCUT2D eigenvalue weighted by atomic mass is 9.98. The van der Waals surface area contributed by atoms with Crippen LogP contribution in [0.1, 0.15) is 49.5 Å². The molecule has 0 aliphatic heterocycles. The number of amides is 1. The predicted octanol–water partition coefficient (Wildman–Crippen LogP) is 5.53. The number of carbonyl (C=O) groups is 2. The van der Waals surface area contributed by atoms with Crippen LogP contribution in [0, 0.1) is 0 Å². The smallest absolute Gasteiger partial charge is 0.407 e. The van der Waals surface area contributed by atoms with Crippen LogP contribution in [0.25, 0.3) is 11.1 Å². The largest absolute Gasteiger partial charge is 0.480 e. The van der Waals surface area contributed by atoms with Gasteiger partial charge in [0.25, 0.3) is 0 Å². The summed E-state index contributed by atoms with van der Waals surface area (Å²) in [5.41, 5.74) is 4.45. The molecule has 0 radical (unpaired) electrons. The Morgan fingerprint density at radius 2 is 1.41 bits per heavy atom. The molecule has 3 aromatic rings. The first-order valence-electron chi connectivity index (χ1n) is 11.3. The molecule has 0 heterocycles. The highest BCUT2D eigenvalue weighted by atomic mass is 16.6. The van der Waals surface area contributed by atoms with Crippen LogP contribution < -0.4 is 5.32 Å². The van der Waals surface area contributed by atoms with Gasteiger partial charge in [0.2, 0.25) is 0 Å². The molecule has 2 N–H and O–H groups in total. The fourth-order valence-corrected chi connectivity index (χ4v) is 4.39. The Hall–Kier alpha value is -3.64. The predicted molar refractivity (Wildman–Crippen MR) is 130 cm³/mol. The summed E-state index contributed by atoms with van der Waals surface area (Å²) in [6.45, 7) is 5.63. The van der Waals surface area contributed by atoms with Crippen molar-refractivity contribution in [3.63, 3.8) is 0 Å². The van der Waals surface area contributed by atoms with E-state index in [2.05, 4.69) is 17.4 Å². The highest BCUT2D eigenvalue weighted by molar-refractivity contribution is 5.81. The number of ether oxygens (including phenoxy) is 2. The average Bonchev–Trinajstić information content (AvgIpc) is 3.13. The number of benzene rings is 3.